The highest BCUT2D eigenvalue weighted by atomic mass is 16.5. The first-order valence-electron chi connectivity index (χ1n) is 9.78. The van der Waals surface area contributed by atoms with Crippen LogP contribution in [0.5, 0.6) is 11.5 Å². The summed E-state index contributed by atoms with van der Waals surface area (Å²) in [4.78, 5) is 17.2. The van der Waals surface area contributed by atoms with Crippen LogP contribution >= 0.6 is 0 Å². The summed E-state index contributed by atoms with van der Waals surface area (Å²) in [7, 11) is 1.63. The molecule has 0 saturated carbocycles. The number of carbonyl (C=O) groups excluding carboxylic acids is 1. The van der Waals surface area contributed by atoms with Crippen LogP contribution in [0.1, 0.15) is 29.3 Å². The summed E-state index contributed by atoms with van der Waals surface area (Å²) in [6.07, 6.45) is 2.25. The molecule has 1 unspecified atom stereocenters. The maximum Gasteiger partial charge on any atom is 0.281 e. The first kappa shape index (κ1) is 19.6. The number of rotatable bonds is 6. The van der Waals surface area contributed by atoms with Gasteiger partial charge < -0.3 is 9.47 Å². The lowest BCUT2D eigenvalue weighted by atomic mass is 9.98. The molecular weight excluding hydrogens is 378 g/mol. The van der Waals surface area contributed by atoms with Crippen LogP contribution in [0.2, 0.25) is 0 Å². The van der Waals surface area contributed by atoms with Gasteiger partial charge in [-0.25, -0.2) is 5.01 Å². The van der Waals surface area contributed by atoms with Crippen molar-refractivity contribution < 1.29 is 14.3 Å². The summed E-state index contributed by atoms with van der Waals surface area (Å²) < 4.78 is 10.9. The fourth-order valence-electron chi connectivity index (χ4n) is 3.38. The Balaban J connectivity index is 1.56. The molecule has 1 amide bonds. The van der Waals surface area contributed by atoms with Crippen LogP contribution in [0.15, 0.2) is 78.0 Å². The van der Waals surface area contributed by atoms with Gasteiger partial charge in [-0.15, -0.1) is 0 Å². The molecule has 6 heteroatoms. The Labute approximate surface area is 175 Å². The van der Waals surface area contributed by atoms with Crippen LogP contribution < -0.4 is 9.47 Å². The number of ether oxygens (including phenoxy) is 2. The van der Waals surface area contributed by atoms with Gasteiger partial charge >= 0.3 is 0 Å². The molecule has 1 aliphatic rings. The predicted octanol–water partition coefficient (Wildman–Crippen LogP) is 4.16. The minimum atomic E-state index is -0.206. The molecule has 2 heterocycles. The average Bonchev–Trinajstić information content (AvgIpc) is 3.25. The van der Waals surface area contributed by atoms with Gasteiger partial charge in [0.15, 0.2) is 6.61 Å². The van der Waals surface area contributed by atoms with Gasteiger partial charge in [-0.2, -0.15) is 5.10 Å². The molecule has 3 aromatic rings. The van der Waals surface area contributed by atoms with Gasteiger partial charge in [0.1, 0.15) is 11.5 Å². The van der Waals surface area contributed by atoms with Crippen molar-refractivity contribution in [2.24, 2.45) is 5.10 Å². The molecule has 6 nitrogen and oxygen atoms in total. The SMILES string of the molecule is COc1ccc(C2CC(c3ccccc3)=NN2C(=O)COc2ccc(C)nc2)cc1. The summed E-state index contributed by atoms with van der Waals surface area (Å²) >= 11 is 0. The van der Waals surface area contributed by atoms with E-state index in [2.05, 4.69) is 10.1 Å². The van der Waals surface area contributed by atoms with Crippen LogP contribution in [-0.4, -0.2) is 35.3 Å². The highest BCUT2D eigenvalue weighted by Gasteiger charge is 2.33. The number of pyridine rings is 1. The third kappa shape index (κ3) is 4.33. The molecule has 0 saturated heterocycles. The van der Waals surface area contributed by atoms with Crippen LogP contribution in [0.25, 0.3) is 0 Å². The minimum absolute atomic E-state index is 0.108. The molecule has 1 atom stereocenters. The third-order valence-electron chi connectivity index (χ3n) is 5.02. The van der Waals surface area contributed by atoms with E-state index in [0.717, 1.165) is 28.3 Å². The minimum Gasteiger partial charge on any atom is -0.497 e. The average molecular weight is 401 g/mol. The molecule has 2 aromatic carbocycles. The van der Waals surface area contributed by atoms with E-state index in [0.29, 0.717) is 12.2 Å². The number of hydrogen-bond donors (Lipinski definition) is 0. The second-order valence-electron chi connectivity index (χ2n) is 7.07. The molecule has 0 fully saturated rings. The number of aromatic nitrogens is 1. The van der Waals surface area contributed by atoms with E-state index >= 15 is 0 Å². The number of aryl methyl sites for hydroxylation is 1. The highest BCUT2D eigenvalue weighted by molar-refractivity contribution is 6.03. The van der Waals surface area contributed by atoms with Crippen molar-refractivity contribution in [2.75, 3.05) is 13.7 Å². The Morgan fingerprint density at radius 3 is 2.43 bits per heavy atom. The van der Waals surface area contributed by atoms with E-state index in [-0.39, 0.29) is 18.6 Å². The van der Waals surface area contributed by atoms with Crippen molar-refractivity contribution in [1.82, 2.24) is 9.99 Å². The topological polar surface area (TPSA) is 64.0 Å². The van der Waals surface area contributed by atoms with E-state index in [1.165, 1.54) is 5.01 Å². The van der Waals surface area contributed by atoms with Gasteiger partial charge in [0.05, 0.1) is 25.1 Å². The standard InChI is InChI=1S/C24H23N3O3/c1-17-8-11-21(15-25-17)30-16-24(28)27-23(19-9-12-20(29-2)13-10-19)14-22(26-27)18-6-4-3-5-7-18/h3-13,15,23H,14,16H2,1-2H3. The summed E-state index contributed by atoms with van der Waals surface area (Å²) in [5, 5.41) is 6.19. The van der Waals surface area contributed by atoms with Gasteiger partial charge in [-0.1, -0.05) is 42.5 Å². The molecule has 0 N–H and O–H groups in total. The van der Waals surface area contributed by atoms with Gasteiger partial charge in [0.25, 0.3) is 5.91 Å². The lowest BCUT2D eigenvalue weighted by Gasteiger charge is -2.22. The van der Waals surface area contributed by atoms with Crippen molar-refractivity contribution in [1.29, 1.82) is 0 Å². The number of benzene rings is 2. The van der Waals surface area contributed by atoms with E-state index in [4.69, 9.17) is 9.47 Å². The number of carbonyl (C=O) groups is 1. The Morgan fingerprint density at radius 1 is 1.03 bits per heavy atom. The van der Waals surface area contributed by atoms with E-state index in [9.17, 15) is 4.79 Å². The van der Waals surface area contributed by atoms with Gasteiger partial charge in [-0.05, 0) is 42.3 Å². The smallest absolute Gasteiger partial charge is 0.281 e. The Bertz CT molecular complexity index is 1030. The quantitative estimate of drug-likeness (QED) is 0.622. The molecule has 1 aliphatic heterocycles. The molecule has 4 rings (SSSR count). The number of hydrazone groups is 1. The van der Waals surface area contributed by atoms with Gasteiger partial charge in [0, 0.05) is 12.1 Å². The predicted molar refractivity (Wildman–Crippen MR) is 115 cm³/mol. The fourth-order valence-corrected chi connectivity index (χ4v) is 3.38. The van der Waals surface area contributed by atoms with Gasteiger partial charge in [-0.3, -0.25) is 9.78 Å². The zero-order valence-electron chi connectivity index (χ0n) is 17.0. The highest BCUT2D eigenvalue weighted by Crippen LogP contribution is 2.33. The second kappa shape index (κ2) is 8.78. The Kier molecular flexibility index (Phi) is 5.75. The Morgan fingerprint density at radius 2 is 1.77 bits per heavy atom. The molecule has 0 spiro atoms. The zero-order valence-corrected chi connectivity index (χ0v) is 17.0. The number of methoxy groups -OCH3 is 1. The van der Waals surface area contributed by atoms with Crippen LogP contribution in [-0.2, 0) is 4.79 Å². The summed E-state index contributed by atoms with van der Waals surface area (Å²) in [6.45, 7) is 1.79. The summed E-state index contributed by atoms with van der Waals surface area (Å²) in [5.41, 5.74) is 3.78. The summed E-state index contributed by atoms with van der Waals surface area (Å²) in [5.74, 6) is 1.12. The zero-order chi connectivity index (χ0) is 20.9. The third-order valence-corrected chi connectivity index (χ3v) is 5.02. The summed E-state index contributed by atoms with van der Waals surface area (Å²) in [6, 6.07) is 21.1. The largest absolute Gasteiger partial charge is 0.497 e. The van der Waals surface area contributed by atoms with E-state index in [1.807, 2.05) is 67.6 Å². The lowest BCUT2D eigenvalue weighted by molar-refractivity contribution is -0.135. The van der Waals surface area contributed by atoms with Crippen molar-refractivity contribution in [2.45, 2.75) is 19.4 Å². The Hall–Kier alpha value is -3.67. The van der Waals surface area contributed by atoms with Crippen LogP contribution in [0.3, 0.4) is 0 Å². The first-order chi connectivity index (χ1) is 14.6. The number of hydrogen-bond acceptors (Lipinski definition) is 5. The van der Waals surface area contributed by atoms with Crippen molar-refractivity contribution in [3.63, 3.8) is 0 Å². The molecule has 0 aliphatic carbocycles. The van der Waals surface area contributed by atoms with Crippen LogP contribution in [0, 0.1) is 6.92 Å². The fraction of sp³-hybridized carbons (Fsp3) is 0.208. The normalized spacial score (nSPS) is 15.6. The number of nitrogens with zero attached hydrogens (tertiary/aromatic N) is 3. The van der Waals surface area contributed by atoms with Crippen LogP contribution in [0.4, 0.5) is 0 Å². The molecule has 0 bridgehead atoms. The van der Waals surface area contributed by atoms with Crippen molar-refractivity contribution in [3.8, 4) is 11.5 Å². The number of amides is 1. The van der Waals surface area contributed by atoms with Gasteiger partial charge in [0.2, 0.25) is 0 Å². The van der Waals surface area contributed by atoms with E-state index in [1.54, 1.807) is 19.4 Å². The maximum absolute atomic E-state index is 13.0. The maximum atomic E-state index is 13.0. The van der Waals surface area contributed by atoms with Crippen molar-refractivity contribution >= 4 is 11.6 Å². The second-order valence-corrected chi connectivity index (χ2v) is 7.07. The monoisotopic (exact) mass is 401 g/mol. The molecular formula is C24H23N3O3. The van der Waals surface area contributed by atoms with E-state index < -0.39 is 0 Å². The first-order valence-corrected chi connectivity index (χ1v) is 9.78. The molecule has 0 radical (unpaired) electrons. The molecule has 152 valence electrons. The lowest BCUT2D eigenvalue weighted by Crippen LogP contribution is -2.31. The molecule has 1 aromatic heterocycles. The van der Waals surface area contributed by atoms with Crippen molar-refractivity contribution in [3.05, 3.63) is 89.7 Å². The molecule has 30 heavy (non-hydrogen) atoms.